The molecular formula is C19H15F3N2O3. The van der Waals surface area contributed by atoms with Crippen molar-refractivity contribution in [1.29, 1.82) is 0 Å². The number of rotatable bonds is 4. The Morgan fingerprint density at radius 3 is 2.30 bits per heavy atom. The van der Waals surface area contributed by atoms with E-state index in [1.165, 1.54) is 19.2 Å². The van der Waals surface area contributed by atoms with Crippen LogP contribution in [-0.2, 0) is 9.59 Å². The second-order valence-corrected chi connectivity index (χ2v) is 5.99. The summed E-state index contributed by atoms with van der Waals surface area (Å²) in [7, 11) is 1.34. The first kappa shape index (κ1) is 18.5. The molecule has 0 unspecified atom stereocenters. The van der Waals surface area contributed by atoms with Gasteiger partial charge in [-0.05, 0) is 24.6 Å². The lowest BCUT2D eigenvalue weighted by molar-refractivity contribution is -0.274. The molecule has 5 nitrogen and oxygen atoms in total. The maximum Gasteiger partial charge on any atom is 0.573 e. The van der Waals surface area contributed by atoms with Crippen LogP contribution in [0.3, 0.4) is 0 Å². The van der Waals surface area contributed by atoms with Crippen molar-refractivity contribution in [2.75, 3.05) is 12.4 Å². The Labute approximate surface area is 153 Å². The minimum Gasteiger partial charge on any atom is -0.406 e. The quantitative estimate of drug-likeness (QED) is 0.827. The lowest BCUT2D eigenvalue weighted by Crippen LogP contribution is -2.27. The number of aryl methyl sites for hydroxylation is 1. The summed E-state index contributed by atoms with van der Waals surface area (Å²) in [5.41, 5.74) is 1.86. The molecule has 0 saturated heterocycles. The maximum absolute atomic E-state index is 12.5. The van der Waals surface area contributed by atoms with E-state index < -0.39 is 23.9 Å². The van der Waals surface area contributed by atoms with Gasteiger partial charge in [0.1, 0.15) is 11.4 Å². The van der Waals surface area contributed by atoms with Crippen LogP contribution >= 0.6 is 0 Å². The van der Waals surface area contributed by atoms with Crippen LogP contribution in [0, 0.1) is 6.92 Å². The number of ether oxygens (including phenoxy) is 1. The van der Waals surface area contributed by atoms with Crippen molar-refractivity contribution in [3.05, 3.63) is 65.4 Å². The van der Waals surface area contributed by atoms with Crippen molar-refractivity contribution in [3.8, 4) is 5.75 Å². The van der Waals surface area contributed by atoms with Crippen LogP contribution in [0.4, 0.5) is 18.9 Å². The number of halogens is 3. The normalized spacial score (nSPS) is 14.8. The lowest BCUT2D eigenvalue weighted by Gasteiger charge is -2.12. The van der Waals surface area contributed by atoms with Gasteiger partial charge in [-0.15, -0.1) is 13.2 Å². The van der Waals surface area contributed by atoms with E-state index >= 15 is 0 Å². The first-order chi connectivity index (χ1) is 12.7. The number of alkyl halides is 3. The molecule has 27 heavy (non-hydrogen) atoms. The zero-order valence-electron chi connectivity index (χ0n) is 14.4. The third kappa shape index (κ3) is 3.94. The summed E-state index contributed by atoms with van der Waals surface area (Å²) in [6.07, 6.45) is -4.83. The van der Waals surface area contributed by atoms with E-state index in [1.807, 2.05) is 6.92 Å². The zero-order chi connectivity index (χ0) is 19.8. The first-order valence-corrected chi connectivity index (χ1v) is 7.92. The molecule has 1 aliphatic heterocycles. The van der Waals surface area contributed by atoms with Gasteiger partial charge in [0.05, 0.1) is 5.57 Å². The van der Waals surface area contributed by atoms with E-state index in [4.69, 9.17) is 0 Å². The number of nitrogens with one attached hydrogen (secondary N) is 1. The van der Waals surface area contributed by atoms with Gasteiger partial charge in [0, 0.05) is 18.8 Å². The number of carbonyl (C=O) groups excluding carboxylic acids is 2. The van der Waals surface area contributed by atoms with E-state index in [2.05, 4.69) is 10.1 Å². The second kappa shape index (κ2) is 6.79. The number of anilines is 1. The van der Waals surface area contributed by atoms with Gasteiger partial charge in [0.25, 0.3) is 11.8 Å². The van der Waals surface area contributed by atoms with Crippen LogP contribution in [0.25, 0.3) is 5.57 Å². The molecule has 2 aromatic carbocycles. The number of amides is 2. The van der Waals surface area contributed by atoms with Crippen molar-refractivity contribution in [2.45, 2.75) is 13.3 Å². The molecule has 0 saturated carbocycles. The van der Waals surface area contributed by atoms with Gasteiger partial charge in [-0.25, -0.2) is 0 Å². The van der Waals surface area contributed by atoms with Crippen molar-refractivity contribution in [1.82, 2.24) is 4.90 Å². The molecule has 0 bridgehead atoms. The smallest absolute Gasteiger partial charge is 0.406 e. The SMILES string of the molecule is Cc1ccc(C2=C(Nc3cccc(OC(F)(F)F)c3)C(=O)N(C)C2=O)cc1. The Hall–Kier alpha value is -3.29. The van der Waals surface area contributed by atoms with E-state index in [0.717, 1.165) is 22.6 Å². The highest BCUT2D eigenvalue weighted by Gasteiger charge is 2.37. The minimum atomic E-state index is -4.83. The van der Waals surface area contributed by atoms with Gasteiger partial charge >= 0.3 is 6.36 Å². The van der Waals surface area contributed by atoms with Crippen LogP contribution in [0.5, 0.6) is 5.75 Å². The van der Waals surface area contributed by atoms with Crippen LogP contribution in [-0.4, -0.2) is 30.1 Å². The standard InChI is InChI=1S/C19H15F3N2O3/c1-11-6-8-12(9-7-11)15-16(18(26)24(2)17(15)25)23-13-4-3-5-14(10-13)27-19(20,21)22/h3-10,23H,1-2H3. The Morgan fingerprint density at radius 1 is 1.00 bits per heavy atom. The Balaban J connectivity index is 1.99. The summed E-state index contributed by atoms with van der Waals surface area (Å²) < 4.78 is 41.1. The fourth-order valence-corrected chi connectivity index (χ4v) is 2.66. The van der Waals surface area contributed by atoms with E-state index in [9.17, 15) is 22.8 Å². The summed E-state index contributed by atoms with van der Waals surface area (Å²) in [5, 5.41) is 2.76. The first-order valence-electron chi connectivity index (χ1n) is 7.92. The molecular weight excluding hydrogens is 361 g/mol. The maximum atomic E-state index is 12.5. The Morgan fingerprint density at radius 2 is 1.67 bits per heavy atom. The van der Waals surface area contributed by atoms with E-state index in [0.29, 0.717) is 5.56 Å². The number of hydrogen-bond donors (Lipinski definition) is 1. The summed E-state index contributed by atoms with van der Waals surface area (Å²) in [6, 6.07) is 12.1. The van der Waals surface area contributed by atoms with Gasteiger partial charge in [0.15, 0.2) is 0 Å². The van der Waals surface area contributed by atoms with Crippen molar-refractivity contribution < 1.29 is 27.5 Å². The number of benzene rings is 2. The fraction of sp³-hybridized carbons (Fsp3) is 0.158. The predicted molar refractivity (Wildman–Crippen MR) is 92.6 cm³/mol. The number of likely N-dealkylation sites (N-methyl/N-ethyl adjacent to an activating group) is 1. The molecule has 0 radical (unpaired) electrons. The summed E-state index contributed by atoms with van der Waals surface area (Å²) in [5.74, 6) is -1.50. The van der Waals surface area contributed by atoms with E-state index in [-0.39, 0.29) is 17.0 Å². The molecule has 0 aliphatic carbocycles. The summed E-state index contributed by atoms with van der Waals surface area (Å²) >= 11 is 0. The van der Waals surface area contributed by atoms with Crippen LogP contribution in [0.1, 0.15) is 11.1 Å². The van der Waals surface area contributed by atoms with Crippen LogP contribution in [0.2, 0.25) is 0 Å². The van der Waals surface area contributed by atoms with Crippen LogP contribution < -0.4 is 10.1 Å². The third-order valence-electron chi connectivity index (χ3n) is 3.96. The predicted octanol–water partition coefficient (Wildman–Crippen LogP) is 3.72. The monoisotopic (exact) mass is 376 g/mol. The van der Waals surface area contributed by atoms with Crippen molar-refractivity contribution in [2.24, 2.45) is 0 Å². The molecule has 2 amide bonds. The van der Waals surface area contributed by atoms with E-state index in [1.54, 1.807) is 24.3 Å². The molecule has 3 rings (SSSR count). The van der Waals surface area contributed by atoms with Crippen LogP contribution in [0.15, 0.2) is 54.2 Å². The molecule has 1 aliphatic rings. The highest BCUT2D eigenvalue weighted by Crippen LogP contribution is 2.31. The minimum absolute atomic E-state index is 0.00416. The third-order valence-corrected chi connectivity index (χ3v) is 3.96. The molecule has 0 atom stereocenters. The van der Waals surface area contributed by atoms with Gasteiger partial charge in [-0.3, -0.25) is 14.5 Å². The molecule has 0 spiro atoms. The number of carbonyl (C=O) groups is 2. The zero-order valence-corrected chi connectivity index (χ0v) is 14.4. The lowest BCUT2D eigenvalue weighted by atomic mass is 10.0. The average molecular weight is 376 g/mol. The molecule has 0 fully saturated rings. The van der Waals surface area contributed by atoms with Gasteiger partial charge < -0.3 is 10.1 Å². The van der Waals surface area contributed by atoms with Gasteiger partial charge in [0.2, 0.25) is 0 Å². The number of nitrogens with zero attached hydrogens (tertiary/aromatic N) is 1. The molecule has 1 heterocycles. The summed E-state index contributed by atoms with van der Waals surface area (Å²) in [6.45, 7) is 1.89. The number of imide groups is 1. The fourth-order valence-electron chi connectivity index (χ4n) is 2.66. The number of hydrogen-bond acceptors (Lipinski definition) is 4. The van der Waals surface area contributed by atoms with Gasteiger partial charge in [-0.2, -0.15) is 0 Å². The molecule has 8 heteroatoms. The van der Waals surface area contributed by atoms with Crippen molar-refractivity contribution >= 4 is 23.1 Å². The Kier molecular flexibility index (Phi) is 4.65. The largest absolute Gasteiger partial charge is 0.573 e. The highest BCUT2D eigenvalue weighted by molar-refractivity contribution is 6.36. The molecule has 2 aromatic rings. The molecule has 1 N–H and O–H groups in total. The highest BCUT2D eigenvalue weighted by atomic mass is 19.4. The molecule has 140 valence electrons. The van der Waals surface area contributed by atoms with Gasteiger partial charge in [-0.1, -0.05) is 35.9 Å². The Bertz CT molecular complexity index is 934. The second-order valence-electron chi connectivity index (χ2n) is 5.99. The van der Waals surface area contributed by atoms with Crippen molar-refractivity contribution in [3.63, 3.8) is 0 Å². The average Bonchev–Trinajstić information content (AvgIpc) is 2.79. The summed E-state index contributed by atoms with van der Waals surface area (Å²) in [4.78, 5) is 25.9. The topological polar surface area (TPSA) is 58.6 Å². The molecule has 0 aromatic heterocycles.